The average molecular weight is 213 g/mol. The van der Waals surface area contributed by atoms with Gasteiger partial charge in [-0.05, 0) is 24.6 Å². The molecule has 1 aromatic carbocycles. The first-order valence-electron chi connectivity index (χ1n) is 3.72. The van der Waals surface area contributed by atoms with Crippen molar-refractivity contribution in [1.29, 1.82) is 5.41 Å². The minimum absolute atomic E-state index is 0.387. The van der Waals surface area contributed by atoms with Gasteiger partial charge in [-0.1, -0.05) is 12.1 Å². The Labute approximate surface area is 83.0 Å². The number of hydrogen-bond donors (Lipinski definition) is 1. The summed E-state index contributed by atoms with van der Waals surface area (Å²) in [5.41, 5.74) is 0.966. The molecule has 0 heterocycles. The first-order valence-corrected chi connectivity index (χ1v) is 5.61. The van der Waals surface area contributed by atoms with Crippen LogP contribution in [0.25, 0.3) is 0 Å². The molecule has 0 aromatic heterocycles. The Morgan fingerprint density at radius 2 is 1.86 bits per heavy atom. The molecule has 76 valence electrons. The molecule has 0 amide bonds. The van der Waals surface area contributed by atoms with Gasteiger partial charge in [0, 0.05) is 6.26 Å². The lowest BCUT2D eigenvalue weighted by Gasteiger charge is -1.97. The molecule has 0 aliphatic rings. The predicted octanol–water partition coefficient (Wildman–Crippen LogP) is 1.30. The minimum atomic E-state index is -3.03. The highest BCUT2D eigenvalue weighted by molar-refractivity contribution is 7.90. The van der Waals surface area contributed by atoms with Crippen molar-refractivity contribution in [3.63, 3.8) is 0 Å². The zero-order valence-corrected chi connectivity index (χ0v) is 8.76. The van der Waals surface area contributed by atoms with Crippen molar-refractivity contribution in [2.75, 3.05) is 6.26 Å². The van der Waals surface area contributed by atoms with Gasteiger partial charge in [0.15, 0.2) is 9.84 Å². The number of benzene rings is 1. The first-order chi connectivity index (χ1) is 6.41. The number of sulfone groups is 1. The minimum Gasteiger partial charge on any atom is -0.224 e. The highest BCUT2D eigenvalue weighted by Crippen LogP contribution is 2.09. The van der Waals surface area contributed by atoms with Crippen LogP contribution in [0.1, 0.15) is 5.56 Å². The van der Waals surface area contributed by atoms with Crippen LogP contribution in [0.15, 0.2) is 29.2 Å². The number of rotatable bonds is 1. The maximum absolute atomic E-state index is 11.0. The summed E-state index contributed by atoms with van der Waals surface area (Å²) >= 11 is 0. The summed E-state index contributed by atoms with van der Waals surface area (Å²) in [4.78, 5) is 8.73. The Bertz CT molecular complexity index is 431. The van der Waals surface area contributed by atoms with Gasteiger partial charge in [0.2, 0.25) is 6.08 Å². The van der Waals surface area contributed by atoms with Gasteiger partial charge in [-0.3, -0.25) is 0 Å². The third kappa shape index (κ3) is 4.54. The molecule has 4 nitrogen and oxygen atoms in total. The zero-order chi connectivity index (χ0) is 11.2. The van der Waals surface area contributed by atoms with E-state index < -0.39 is 9.84 Å². The van der Waals surface area contributed by atoms with Crippen molar-refractivity contribution in [2.24, 2.45) is 0 Å². The second-order valence-electron chi connectivity index (χ2n) is 2.69. The fraction of sp³-hybridized carbons (Fsp3) is 0.222. The summed E-state index contributed by atoms with van der Waals surface area (Å²) < 4.78 is 22.0. The van der Waals surface area contributed by atoms with Gasteiger partial charge in [-0.25, -0.2) is 18.6 Å². The van der Waals surface area contributed by atoms with Crippen LogP contribution in [0, 0.1) is 12.3 Å². The third-order valence-corrected chi connectivity index (χ3v) is 2.53. The predicted molar refractivity (Wildman–Crippen MR) is 52.7 cm³/mol. The van der Waals surface area contributed by atoms with E-state index in [9.17, 15) is 8.42 Å². The first kappa shape index (κ1) is 12.6. The number of isocyanates is 1. The molecule has 0 atom stereocenters. The maximum atomic E-state index is 11.0. The van der Waals surface area contributed by atoms with Gasteiger partial charge >= 0.3 is 0 Å². The van der Waals surface area contributed by atoms with E-state index in [4.69, 9.17) is 10.2 Å². The molecule has 0 aliphatic carbocycles. The molecule has 0 aliphatic heterocycles. The van der Waals surface area contributed by atoms with E-state index in [0.29, 0.717) is 4.90 Å². The van der Waals surface area contributed by atoms with Crippen LogP contribution in [-0.2, 0) is 14.6 Å². The smallest absolute Gasteiger partial charge is 0.224 e. The summed E-state index contributed by atoms with van der Waals surface area (Å²) in [5, 5.41) is 5.40. The fourth-order valence-corrected chi connectivity index (χ4v) is 1.57. The van der Waals surface area contributed by atoms with Crippen LogP contribution in [-0.4, -0.2) is 20.8 Å². The lowest BCUT2D eigenvalue weighted by molar-refractivity contribution is 0.562. The van der Waals surface area contributed by atoms with Crippen LogP contribution in [0.4, 0.5) is 0 Å². The normalized spacial score (nSPS) is 9.57. The molecular formula is C9H11NO3S. The standard InChI is InChI=1S/C8H10O2S.CHNO/c1-7-4-3-5-8(6-7)11(2,9)10;2-1-3/h3-6H,1-2H3;2H. The monoisotopic (exact) mass is 213 g/mol. The van der Waals surface area contributed by atoms with E-state index in [1.54, 1.807) is 18.2 Å². The van der Waals surface area contributed by atoms with E-state index in [1.165, 1.54) is 6.26 Å². The number of carbonyl (C=O) groups excluding carboxylic acids is 1. The number of aryl methyl sites for hydroxylation is 1. The van der Waals surface area contributed by atoms with E-state index in [1.807, 2.05) is 13.0 Å². The summed E-state index contributed by atoms with van der Waals surface area (Å²) in [5.74, 6) is 0. The fourth-order valence-electron chi connectivity index (χ4n) is 0.846. The van der Waals surface area contributed by atoms with E-state index in [2.05, 4.69) is 0 Å². The lowest BCUT2D eigenvalue weighted by atomic mass is 10.2. The van der Waals surface area contributed by atoms with Gasteiger partial charge in [-0.2, -0.15) is 0 Å². The highest BCUT2D eigenvalue weighted by atomic mass is 32.2. The van der Waals surface area contributed by atoms with Crippen molar-refractivity contribution < 1.29 is 13.2 Å². The SMILES string of the molecule is Cc1cccc(S(C)(=O)=O)c1.N=C=O. The number of nitrogens with one attached hydrogen (secondary N) is 1. The van der Waals surface area contributed by atoms with Crippen LogP contribution in [0.3, 0.4) is 0 Å². The molecule has 0 saturated carbocycles. The van der Waals surface area contributed by atoms with E-state index >= 15 is 0 Å². The summed E-state index contributed by atoms with van der Waals surface area (Å²) in [6.45, 7) is 1.87. The quantitative estimate of drug-likeness (QED) is 0.564. The molecular weight excluding hydrogens is 202 g/mol. The van der Waals surface area contributed by atoms with Gasteiger partial charge < -0.3 is 0 Å². The van der Waals surface area contributed by atoms with Crippen LogP contribution >= 0.6 is 0 Å². The molecule has 1 aromatic rings. The Morgan fingerprint density at radius 1 is 1.36 bits per heavy atom. The van der Waals surface area contributed by atoms with Crippen molar-refractivity contribution in [3.05, 3.63) is 29.8 Å². The Hall–Kier alpha value is -1.45. The second-order valence-corrected chi connectivity index (χ2v) is 4.71. The van der Waals surface area contributed by atoms with Gasteiger partial charge in [0.05, 0.1) is 4.90 Å². The number of hydrogen-bond acceptors (Lipinski definition) is 4. The highest BCUT2D eigenvalue weighted by Gasteiger charge is 2.04. The summed E-state index contributed by atoms with van der Waals surface area (Å²) in [6.07, 6.45) is 1.96. The van der Waals surface area contributed by atoms with Crippen LogP contribution in [0.5, 0.6) is 0 Å². The van der Waals surface area contributed by atoms with Gasteiger partial charge in [0.25, 0.3) is 0 Å². The van der Waals surface area contributed by atoms with Crippen molar-refractivity contribution in [2.45, 2.75) is 11.8 Å². The summed E-state index contributed by atoms with van der Waals surface area (Å²) in [7, 11) is -3.03. The molecule has 14 heavy (non-hydrogen) atoms. The van der Waals surface area contributed by atoms with Crippen LogP contribution < -0.4 is 0 Å². The topological polar surface area (TPSA) is 75.1 Å². The van der Waals surface area contributed by atoms with E-state index in [-0.39, 0.29) is 0 Å². The molecule has 0 unspecified atom stereocenters. The van der Waals surface area contributed by atoms with Crippen molar-refractivity contribution in [1.82, 2.24) is 0 Å². The second kappa shape index (κ2) is 5.32. The largest absolute Gasteiger partial charge is 0.231 e. The van der Waals surface area contributed by atoms with Gasteiger partial charge in [-0.15, -0.1) is 0 Å². The molecule has 0 spiro atoms. The molecule has 0 bridgehead atoms. The third-order valence-electron chi connectivity index (χ3n) is 1.42. The lowest BCUT2D eigenvalue weighted by Crippen LogP contribution is -1.96. The molecule has 5 heteroatoms. The Balaban J connectivity index is 0.000000500. The molecule has 1 rings (SSSR count). The summed E-state index contributed by atoms with van der Waals surface area (Å²) in [6, 6.07) is 6.87. The van der Waals surface area contributed by atoms with Crippen LogP contribution in [0.2, 0.25) is 0 Å². The molecule has 0 radical (unpaired) electrons. The molecule has 0 saturated heterocycles. The maximum Gasteiger partial charge on any atom is 0.231 e. The molecule has 0 fully saturated rings. The Kier molecular flexibility index (Phi) is 4.77. The zero-order valence-electron chi connectivity index (χ0n) is 7.94. The van der Waals surface area contributed by atoms with E-state index in [0.717, 1.165) is 11.6 Å². The van der Waals surface area contributed by atoms with Gasteiger partial charge in [0.1, 0.15) is 0 Å². The molecule has 1 N–H and O–H groups in total. The average Bonchev–Trinajstić information content (AvgIpc) is 2.04. The van der Waals surface area contributed by atoms with Crippen molar-refractivity contribution in [3.8, 4) is 0 Å². The Morgan fingerprint density at radius 3 is 2.14 bits per heavy atom. The van der Waals surface area contributed by atoms with Crippen molar-refractivity contribution >= 4 is 15.9 Å².